The zero-order valence-corrected chi connectivity index (χ0v) is 34.5. The Morgan fingerprint density at radius 1 is 0.277 bits per heavy atom. The molecule has 0 saturated carbocycles. The number of para-hydroxylation sites is 4. The fraction of sp³-hybridized carbons (Fsp3) is 0. The Morgan fingerprint density at radius 3 is 1.38 bits per heavy atom. The summed E-state index contributed by atoms with van der Waals surface area (Å²) in [5.74, 6) is 1.61. The molecule has 9 aromatic carbocycles. The monoisotopic (exact) mass is 832 g/mol. The van der Waals surface area contributed by atoms with E-state index in [2.05, 4.69) is 121 Å². The molecule has 0 radical (unpaired) electrons. The van der Waals surface area contributed by atoms with Gasteiger partial charge in [-0.3, -0.25) is 0 Å². The summed E-state index contributed by atoms with van der Waals surface area (Å²) in [6.07, 6.45) is 0. The minimum Gasteiger partial charge on any atom is -0.456 e. The summed E-state index contributed by atoms with van der Waals surface area (Å²) < 4.78 is 19.4. The van der Waals surface area contributed by atoms with E-state index >= 15 is 0 Å². The maximum absolute atomic E-state index is 6.82. The van der Waals surface area contributed by atoms with Gasteiger partial charge in [-0.2, -0.15) is 0 Å². The summed E-state index contributed by atoms with van der Waals surface area (Å²) in [5.41, 5.74) is 12.2. The van der Waals surface area contributed by atoms with E-state index in [1.807, 2.05) is 72.8 Å². The first-order valence-electron chi connectivity index (χ1n) is 21.6. The smallest absolute Gasteiger partial charge is 0.164 e. The molecule has 65 heavy (non-hydrogen) atoms. The Balaban J connectivity index is 0.958. The highest BCUT2D eigenvalue weighted by Crippen LogP contribution is 2.46. The first-order valence-corrected chi connectivity index (χ1v) is 21.6. The Hall–Kier alpha value is -8.94. The lowest BCUT2D eigenvalue weighted by Crippen LogP contribution is -2.00. The number of benzene rings is 9. The van der Waals surface area contributed by atoms with Crippen LogP contribution in [-0.2, 0) is 0 Å². The predicted octanol–water partition coefficient (Wildman–Crippen LogP) is 15.6. The second kappa shape index (κ2) is 13.8. The van der Waals surface area contributed by atoms with Gasteiger partial charge in [0, 0.05) is 76.3 Å². The third-order valence-electron chi connectivity index (χ3n) is 12.7. The summed E-state index contributed by atoms with van der Waals surface area (Å²) in [5, 5.41) is 9.62. The number of fused-ring (bicyclic) bond motifs is 13. The minimum atomic E-state index is 0.535. The average Bonchev–Trinajstić information content (AvgIpc) is 4.07. The van der Waals surface area contributed by atoms with Crippen LogP contribution in [0.4, 0.5) is 0 Å². The van der Waals surface area contributed by atoms with Crippen LogP contribution in [0.2, 0.25) is 0 Å². The van der Waals surface area contributed by atoms with Crippen molar-refractivity contribution in [2.75, 3.05) is 0 Å². The van der Waals surface area contributed by atoms with Crippen LogP contribution in [0, 0.1) is 0 Å². The molecular formula is C58H32N4O3. The maximum Gasteiger partial charge on any atom is 0.164 e. The molecule has 7 heteroatoms. The molecule has 0 unspecified atom stereocenters. The second-order valence-corrected chi connectivity index (χ2v) is 16.5. The molecule has 0 atom stereocenters. The van der Waals surface area contributed by atoms with E-state index < -0.39 is 0 Å². The van der Waals surface area contributed by atoms with Crippen LogP contribution in [-0.4, -0.2) is 19.9 Å². The Labute approximate surface area is 369 Å². The van der Waals surface area contributed by atoms with E-state index in [0.717, 1.165) is 127 Å². The molecule has 14 aromatic rings. The van der Waals surface area contributed by atoms with Crippen LogP contribution in [0.1, 0.15) is 0 Å². The first kappa shape index (κ1) is 35.6. The highest BCUT2D eigenvalue weighted by Gasteiger charge is 2.22. The molecule has 0 aliphatic heterocycles. The predicted molar refractivity (Wildman–Crippen MR) is 262 cm³/mol. The van der Waals surface area contributed by atoms with Gasteiger partial charge in [-0.05, 0) is 60.2 Å². The zero-order chi connectivity index (χ0) is 42.6. The molecule has 0 spiro atoms. The standard InChI is InChI=1S/C58H32N4O3/c1-2-12-34(13-3-1)54-45-32-44(55-53(43-17-7-11-21-49(43)65-55)52(45)42-16-4-8-18-46(42)59-54)33-22-24-35(25-23-33)56-60-57(36-26-28-40-38-14-5-9-19-47(38)63-50(40)30-36)62-58(61-56)37-27-29-41-39-15-6-10-20-48(39)64-51(41)31-37/h1-32H. The van der Waals surface area contributed by atoms with Gasteiger partial charge in [0.05, 0.1) is 11.2 Å². The van der Waals surface area contributed by atoms with E-state index in [4.69, 9.17) is 33.2 Å². The molecule has 0 amide bonds. The van der Waals surface area contributed by atoms with E-state index in [9.17, 15) is 0 Å². The first-order chi connectivity index (χ1) is 32.2. The third-order valence-corrected chi connectivity index (χ3v) is 12.7. The fourth-order valence-electron chi connectivity index (χ4n) is 9.65. The van der Waals surface area contributed by atoms with Crippen molar-refractivity contribution in [1.29, 1.82) is 0 Å². The highest BCUT2D eigenvalue weighted by molar-refractivity contribution is 6.30. The highest BCUT2D eigenvalue weighted by atomic mass is 16.3. The van der Waals surface area contributed by atoms with Gasteiger partial charge in [0.2, 0.25) is 0 Å². The molecule has 0 aliphatic carbocycles. The molecular weight excluding hydrogens is 801 g/mol. The normalized spacial score (nSPS) is 12.0. The summed E-state index contributed by atoms with van der Waals surface area (Å²) in [7, 11) is 0. The maximum atomic E-state index is 6.82. The van der Waals surface area contributed by atoms with Crippen LogP contribution in [0.3, 0.4) is 0 Å². The molecule has 7 nitrogen and oxygen atoms in total. The lowest BCUT2D eigenvalue weighted by atomic mass is 9.91. The van der Waals surface area contributed by atoms with Crippen molar-refractivity contribution in [2.45, 2.75) is 0 Å². The number of hydrogen-bond donors (Lipinski definition) is 0. The lowest BCUT2D eigenvalue weighted by Gasteiger charge is -2.14. The number of rotatable bonds is 5. The number of nitrogens with zero attached hydrogens (tertiary/aromatic N) is 4. The summed E-state index contributed by atoms with van der Waals surface area (Å²) in [6.45, 7) is 0. The van der Waals surface area contributed by atoms with Crippen molar-refractivity contribution in [2.24, 2.45) is 0 Å². The van der Waals surface area contributed by atoms with Gasteiger partial charge in [0.25, 0.3) is 0 Å². The Kier molecular flexibility index (Phi) is 7.55. The van der Waals surface area contributed by atoms with Gasteiger partial charge in [0.1, 0.15) is 33.5 Å². The van der Waals surface area contributed by atoms with E-state index in [0.29, 0.717) is 17.5 Å². The van der Waals surface area contributed by atoms with Gasteiger partial charge in [-0.25, -0.2) is 19.9 Å². The third kappa shape index (κ3) is 5.55. The molecule has 302 valence electrons. The minimum absolute atomic E-state index is 0.535. The molecule has 5 aromatic heterocycles. The summed E-state index contributed by atoms with van der Waals surface area (Å²) in [6, 6.07) is 66.3. The molecule has 0 bridgehead atoms. The van der Waals surface area contributed by atoms with E-state index in [-0.39, 0.29) is 0 Å². The zero-order valence-electron chi connectivity index (χ0n) is 34.5. The van der Waals surface area contributed by atoms with Crippen molar-refractivity contribution in [3.05, 3.63) is 194 Å². The van der Waals surface area contributed by atoms with Crippen molar-refractivity contribution in [1.82, 2.24) is 19.9 Å². The van der Waals surface area contributed by atoms with Crippen molar-refractivity contribution < 1.29 is 13.3 Å². The number of hydrogen-bond acceptors (Lipinski definition) is 7. The average molecular weight is 833 g/mol. The molecule has 0 aliphatic rings. The fourth-order valence-corrected chi connectivity index (χ4v) is 9.65. The van der Waals surface area contributed by atoms with Crippen molar-refractivity contribution in [3.8, 4) is 56.5 Å². The quantitative estimate of drug-likeness (QED) is 0.160. The van der Waals surface area contributed by atoms with Gasteiger partial charge in [0.15, 0.2) is 17.5 Å². The van der Waals surface area contributed by atoms with Crippen LogP contribution in [0.15, 0.2) is 207 Å². The second-order valence-electron chi connectivity index (χ2n) is 16.5. The number of furan rings is 3. The molecule has 0 N–H and O–H groups in total. The number of pyridine rings is 1. The van der Waals surface area contributed by atoms with Crippen molar-refractivity contribution >= 4 is 87.5 Å². The van der Waals surface area contributed by atoms with Gasteiger partial charge in [-0.1, -0.05) is 140 Å². The Bertz CT molecular complexity index is 4110. The topological polar surface area (TPSA) is 91.0 Å². The largest absolute Gasteiger partial charge is 0.456 e. The molecule has 5 heterocycles. The van der Waals surface area contributed by atoms with Crippen molar-refractivity contribution in [3.63, 3.8) is 0 Å². The van der Waals surface area contributed by atoms with Crippen LogP contribution in [0.25, 0.3) is 144 Å². The van der Waals surface area contributed by atoms with E-state index in [1.165, 1.54) is 0 Å². The Morgan fingerprint density at radius 2 is 0.754 bits per heavy atom. The van der Waals surface area contributed by atoms with Crippen LogP contribution in [0.5, 0.6) is 0 Å². The molecule has 0 saturated heterocycles. The summed E-state index contributed by atoms with van der Waals surface area (Å²) >= 11 is 0. The molecule has 14 rings (SSSR count). The number of aromatic nitrogens is 4. The van der Waals surface area contributed by atoms with Crippen LogP contribution < -0.4 is 0 Å². The lowest BCUT2D eigenvalue weighted by molar-refractivity contribution is 0.668. The van der Waals surface area contributed by atoms with E-state index in [1.54, 1.807) is 0 Å². The van der Waals surface area contributed by atoms with Gasteiger partial charge < -0.3 is 13.3 Å². The van der Waals surface area contributed by atoms with Gasteiger partial charge >= 0.3 is 0 Å². The van der Waals surface area contributed by atoms with Crippen LogP contribution >= 0.6 is 0 Å². The SMILES string of the molecule is c1ccc(-c2nc3ccccc3c3c2cc(-c2ccc(-c4nc(-c5ccc6c(c5)oc5ccccc56)nc(-c5ccc6c(c5)oc5ccccc56)n4)cc2)c2oc4ccccc4c23)cc1. The van der Waals surface area contributed by atoms with Gasteiger partial charge in [-0.15, -0.1) is 0 Å². The summed E-state index contributed by atoms with van der Waals surface area (Å²) in [4.78, 5) is 20.7. The molecule has 0 fully saturated rings.